The molecule has 0 fully saturated rings. The lowest BCUT2D eigenvalue weighted by molar-refractivity contribution is -0.384. The molecule has 1 amide bonds. The van der Waals surface area contributed by atoms with Crippen LogP contribution >= 0.6 is 0 Å². The zero-order chi connectivity index (χ0) is 12.1. The summed E-state index contributed by atoms with van der Waals surface area (Å²) in [6, 6.07) is 5.58. The highest BCUT2D eigenvalue weighted by Crippen LogP contribution is 2.12. The molecule has 1 aromatic carbocycles. The zero-order valence-electron chi connectivity index (χ0n) is 8.04. The largest absolute Gasteiger partial charge is 0.474 e. The van der Waals surface area contributed by atoms with E-state index in [9.17, 15) is 19.7 Å². The summed E-state index contributed by atoms with van der Waals surface area (Å²) in [7, 11) is 0. The Kier molecular flexibility index (Phi) is 3.54. The minimum absolute atomic E-state index is 0.0627. The molecule has 7 heteroatoms. The van der Waals surface area contributed by atoms with E-state index in [4.69, 9.17) is 5.11 Å². The molecule has 0 radical (unpaired) electrons. The topological polar surface area (TPSA) is 110 Å². The van der Waals surface area contributed by atoms with Crippen LogP contribution in [0, 0.1) is 10.1 Å². The van der Waals surface area contributed by atoms with Crippen molar-refractivity contribution in [1.82, 2.24) is 5.32 Å². The fourth-order valence-corrected chi connectivity index (χ4v) is 1.04. The highest BCUT2D eigenvalue weighted by atomic mass is 16.6. The molecule has 0 aromatic heterocycles. The number of hydrogen-bond acceptors (Lipinski definition) is 4. The van der Waals surface area contributed by atoms with E-state index in [0.717, 1.165) is 0 Å². The molecule has 84 valence electrons. The number of non-ortho nitro benzene ring substituents is 1. The van der Waals surface area contributed by atoms with Crippen molar-refractivity contribution in [1.29, 1.82) is 0 Å². The number of carboxylic acid groups (broad SMARTS) is 1. The number of carbonyl (C=O) groups is 2. The quantitative estimate of drug-likeness (QED) is 0.435. The van der Waals surface area contributed by atoms with Crippen molar-refractivity contribution in [2.24, 2.45) is 0 Å². The van der Waals surface area contributed by atoms with Crippen LogP contribution < -0.4 is 5.32 Å². The van der Waals surface area contributed by atoms with Crippen LogP contribution in [0.4, 0.5) is 5.69 Å². The van der Waals surface area contributed by atoms with Gasteiger partial charge in [0.05, 0.1) is 4.92 Å². The van der Waals surface area contributed by atoms with Crippen molar-refractivity contribution in [3.8, 4) is 0 Å². The van der Waals surface area contributed by atoms with Crippen LogP contribution in [-0.4, -0.2) is 21.9 Å². The monoisotopic (exact) mass is 224 g/mol. The molecule has 0 heterocycles. The first-order valence-electron chi connectivity index (χ1n) is 4.25. The van der Waals surface area contributed by atoms with E-state index in [0.29, 0.717) is 5.56 Å². The van der Waals surface area contributed by atoms with Gasteiger partial charge >= 0.3 is 11.9 Å². The molecule has 0 aliphatic heterocycles. The molecule has 0 spiro atoms. The number of nitrogens with one attached hydrogen (secondary N) is 1. The Morgan fingerprint density at radius 1 is 1.44 bits per heavy atom. The standard InChI is InChI=1S/C9H8N2O5/c12-8(9(13)14)10-5-6-2-1-3-7(4-6)11(15)16/h1-4H,5H2,(H,10,12)(H,13,14). The van der Waals surface area contributed by atoms with E-state index >= 15 is 0 Å². The molecule has 0 saturated heterocycles. The van der Waals surface area contributed by atoms with E-state index in [1.807, 2.05) is 0 Å². The van der Waals surface area contributed by atoms with Gasteiger partial charge in [-0.2, -0.15) is 0 Å². The van der Waals surface area contributed by atoms with Crippen LogP contribution in [0.2, 0.25) is 0 Å². The van der Waals surface area contributed by atoms with Gasteiger partial charge in [-0.3, -0.25) is 14.9 Å². The molecule has 16 heavy (non-hydrogen) atoms. The number of carboxylic acids is 1. The highest BCUT2D eigenvalue weighted by molar-refractivity contribution is 6.31. The zero-order valence-corrected chi connectivity index (χ0v) is 8.04. The van der Waals surface area contributed by atoms with Gasteiger partial charge in [-0.15, -0.1) is 0 Å². The van der Waals surface area contributed by atoms with Gasteiger partial charge in [0.2, 0.25) is 0 Å². The van der Waals surface area contributed by atoms with E-state index in [2.05, 4.69) is 5.32 Å². The first-order chi connectivity index (χ1) is 7.50. The van der Waals surface area contributed by atoms with Gasteiger partial charge in [0.25, 0.3) is 5.69 Å². The van der Waals surface area contributed by atoms with Crippen LogP contribution in [0.5, 0.6) is 0 Å². The maximum atomic E-state index is 10.7. The number of hydrogen-bond donors (Lipinski definition) is 2. The number of rotatable bonds is 3. The maximum Gasteiger partial charge on any atom is 0.394 e. The Hall–Kier alpha value is -2.44. The Morgan fingerprint density at radius 2 is 2.12 bits per heavy atom. The second-order valence-electron chi connectivity index (χ2n) is 2.91. The van der Waals surface area contributed by atoms with Gasteiger partial charge in [-0.05, 0) is 5.56 Å². The lowest BCUT2D eigenvalue weighted by Gasteiger charge is -2.01. The van der Waals surface area contributed by atoms with Gasteiger partial charge in [-0.25, -0.2) is 4.79 Å². The van der Waals surface area contributed by atoms with Crippen molar-refractivity contribution >= 4 is 17.6 Å². The van der Waals surface area contributed by atoms with Crippen molar-refractivity contribution in [3.05, 3.63) is 39.9 Å². The number of nitro groups is 1. The normalized spacial score (nSPS) is 9.50. The number of carbonyl (C=O) groups excluding carboxylic acids is 1. The predicted octanol–water partition coefficient (Wildman–Crippen LogP) is 0.296. The second-order valence-corrected chi connectivity index (χ2v) is 2.91. The SMILES string of the molecule is O=C(O)C(=O)NCc1cccc([N+](=O)[O-])c1. The molecular formula is C9H8N2O5. The molecule has 0 bridgehead atoms. The average Bonchev–Trinajstić information content (AvgIpc) is 2.26. The lowest BCUT2D eigenvalue weighted by atomic mass is 10.2. The summed E-state index contributed by atoms with van der Waals surface area (Å²) in [6.07, 6.45) is 0. The number of amides is 1. The Balaban J connectivity index is 2.68. The molecule has 0 aliphatic carbocycles. The third-order valence-electron chi connectivity index (χ3n) is 1.77. The summed E-state index contributed by atoms with van der Waals surface area (Å²) in [4.78, 5) is 30.7. The first-order valence-corrected chi connectivity index (χ1v) is 4.25. The van der Waals surface area contributed by atoms with Crippen molar-refractivity contribution in [3.63, 3.8) is 0 Å². The summed E-state index contributed by atoms with van der Waals surface area (Å²) in [6.45, 7) is -0.0627. The van der Waals surface area contributed by atoms with E-state index in [-0.39, 0.29) is 12.2 Å². The highest BCUT2D eigenvalue weighted by Gasteiger charge is 2.11. The third kappa shape index (κ3) is 3.05. The van der Waals surface area contributed by atoms with E-state index < -0.39 is 16.8 Å². The molecule has 0 aliphatic rings. The lowest BCUT2D eigenvalue weighted by Crippen LogP contribution is -2.30. The van der Waals surface area contributed by atoms with Gasteiger partial charge in [-0.1, -0.05) is 12.1 Å². The van der Waals surface area contributed by atoms with Crippen LogP contribution in [0.1, 0.15) is 5.56 Å². The summed E-state index contributed by atoms with van der Waals surface area (Å²) in [5.41, 5.74) is 0.353. The summed E-state index contributed by atoms with van der Waals surface area (Å²) >= 11 is 0. The summed E-state index contributed by atoms with van der Waals surface area (Å²) in [5.74, 6) is -2.74. The Bertz CT molecular complexity index is 443. The van der Waals surface area contributed by atoms with Crippen LogP contribution in [0.15, 0.2) is 24.3 Å². The molecular weight excluding hydrogens is 216 g/mol. The fourth-order valence-electron chi connectivity index (χ4n) is 1.04. The van der Waals surface area contributed by atoms with Crippen molar-refractivity contribution in [2.75, 3.05) is 0 Å². The Morgan fingerprint density at radius 3 is 2.69 bits per heavy atom. The summed E-state index contributed by atoms with van der Waals surface area (Å²) in [5, 5.41) is 20.8. The first kappa shape index (κ1) is 11.6. The number of nitro benzene ring substituents is 1. The van der Waals surface area contributed by atoms with Gasteiger partial charge in [0.1, 0.15) is 0 Å². The van der Waals surface area contributed by atoms with E-state index in [1.165, 1.54) is 18.2 Å². The molecule has 7 nitrogen and oxygen atoms in total. The fraction of sp³-hybridized carbons (Fsp3) is 0.111. The molecule has 1 aromatic rings. The minimum Gasteiger partial charge on any atom is -0.474 e. The average molecular weight is 224 g/mol. The smallest absolute Gasteiger partial charge is 0.394 e. The Labute approximate surface area is 89.8 Å². The number of aliphatic carboxylic acids is 1. The van der Waals surface area contributed by atoms with E-state index in [1.54, 1.807) is 6.07 Å². The summed E-state index contributed by atoms with van der Waals surface area (Å²) < 4.78 is 0. The number of nitrogens with zero attached hydrogens (tertiary/aromatic N) is 1. The van der Waals surface area contributed by atoms with Gasteiger partial charge < -0.3 is 10.4 Å². The second kappa shape index (κ2) is 4.87. The molecule has 0 unspecified atom stereocenters. The van der Waals surface area contributed by atoms with Crippen LogP contribution in [0.25, 0.3) is 0 Å². The molecule has 0 atom stereocenters. The van der Waals surface area contributed by atoms with Crippen LogP contribution in [0.3, 0.4) is 0 Å². The third-order valence-corrected chi connectivity index (χ3v) is 1.77. The van der Waals surface area contributed by atoms with Crippen molar-refractivity contribution in [2.45, 2.75) is 6.54 Å². The molecule has 1 rings (SSSR count). The predicted molar refractivity (Wildman–Crippen MR) is 52.6 cm³/mol. The molecule has 0 saturated carbocycles. The van der Waals surface area contributed by atoms with Gasteiger partial charge in [0.15, 0.2) is 0 Å². The maximum absolute atomic E-state index is 10.7. The van der Waals surface area contributed by atoms with Crippen LogP contribution in [-0.2, 0) is 16.1 Å². The molecule has 2 N–H and O–H groups in total. The minimum atomic E-state index is -1.59. The van der Waals surface area contributed by atoms with Gasteiger partial charge in [0, 0.05) is 18.7 Å². The number of benzene rings is 1. The van der Waals surface area contributed by atoms with Crippen molar-refractivity contribution < 1.29 is 19.6 Å².